The predicted molar refractivity (Wildman–Crippen MR) is 102 cm³/mol. The van der Waals surface area contributed by atoms with Crippen LogP contribution in [0.3, 0.4) is 0 Å². The summed E-state index contributed by atoms with van der Waals surface area (Å²) in [5.41, 5.74) is -0.624. The van der Waals surface area contributed by atoms with Gasteiger partial charge in [0.25, 0.3) is 31.6 Å². The van der Waals surface area contributed by atoms with E-state index in [0.717, 1.165) is 48.5 Å². The number of non-ortho nitro benzene ring substituents is 2. The molecule has 0 amide bonds. The van der Waals surface area contributed by atoms with Crippen LogP contribution in [0.15, 0.2) is 58.3 Å². The summed E-state index contributed by atoms with van der Waals surface area (Å²) >= 11 is 0. The number of nitrogens with zero attached hydrogens (tertiary/aromatic N) is 2. The van der Waals surface area contributed by atoms with Crippen LogP contribution in [0.5, 0.6) is 0 Å². The van der Waals surface area contributed by atoms with Gasteiger partial charge in [-0.05, 0) is 38.1 Å². The lowest BCUT2D eigenvalue weighted by atomic mass is 10.3. The van der Waals surface area contributed by atoms with Crippen molar-refractivity contribution >= 4 is 31.6 Å². The van der Waals surface area contributed by atoms with Gasteiger partial charge in [0.05, 0.1) is 19.6 Å². The summed E-state index contributed by atoms with van der Waals surface area (Å²) < 4.78 is 59.1. The number of benzene rings is 2. The Morgan fingerprint density at radius 1 is 0.667 bits per heavy atom. The highest BCUT2D eigenvalue weighted by molar-refractivity contribution is 7.87. The molecule has 0 aliphatic carbocycles. The molecule has 0 radical (unpaired) electrons. The fourth-order valence-electron chi connectivity index (χ4n) is 2.14. The molecule has 12 nitrogen and oxygen atoms in total. The third-order valence-corrected chi connectivity index (χ3v) is 6.70. The van der Waals surface area contributed by atoms with Crippen LogP contribution in [-0.4, -0.2) is 38.9 Å². The second-order valence-electron chi connectivity index (χ2n) is 6.01. The Hall–Kier alpha value is -2.94. The molecule has 0 aromatic heterocycles. The average molecular weight is 460 g/mol. The standard InChI is InChI=1S/C16H16N2O10S2/c1-11(27-29(23,24)15-7-3-13(4-8-15)17(19)20)12(2)28-30(25,26)16-9-5-14(6-10-16)18(21)22/h3-12H,1-2H3. The van der Waals surface area contributed by atoms with Crippen molar-refractivity contribution in [2.45, 2.75) is 35.8 Å². The van der Waals surface area contributed by atoms with Gasteiger partial charge in [-0.25, -0.2) is 0 Å². The number of hydrogen-bond acceptors (Lipinski definition) is 10. The molecule has 0 spiro atoms. The molecule has 0 N–H and O–H groups in total. The van der Waals surface area contributed by atoms with Crippen molar-refractivity contribution in [3.05, 3.63) is 68.8 Å². The van der Waals surface area contributed by atoms with Crippen LogP contribution in [0, 0.1) is 20.2 Å². The zero-order valence-corrected chi connectivity index (χ0v) is 17.2. The molecule has 2 aromatic carbocycles. The Balaban J connectivity index is 2.11. The van der Waals surface area contributed by atoms with Gasteiger partial charge in [-0.3, -0.25) is 28.6 Å². The molecular formula is C16H16N2O10S2. The lowest BCUT2D eigenvalue weighted by molar-refractivity contribution is -0.385. The first kappa shape index (κ1) is 23.3. The molecule has 2 aromatic rings. The quantitative estimate of drug-likeness (QED) is 0.307. The number of nitro benzene ring substituents is 2. The molecule has 14 heteroatoms. The summed E-state index contributed by atoms with van der Waals surface area (Å²) in [6.45, 7) is 2.53. The highest BCUT2D eigenvalue weighted by atomic mass is 32.2. The van der Waals surface area contributed by atoms with E-state index >= 15 is 0 Å². The molecule has 0 saturated carbocycles. The highest BCUT2D eigenvalue weighted by Gasteiger charge is 2.28. The van der Waals surface area contributed by atoms with Gasteiger partial charge < -0.3 is 0 Å². The van der Waals surface area contributed by atoms with Crippen LogP contribution in [0.2, 0.25) is 0 Å². The van der Waals surface area contributed by atoms with E-state index in [2.05, 4.69) is 0 Å². The molecular weight excluding hydrogens is 444 g/mol. The minimum Gasteiger partial charge on any atom is -0.261 e. The molecule has 2 unspecified atom stereocenters. The number of hydrogen-bond donors (Lipinski definition) is 0. The minimum atomic E-state index is -4.35. The molecule has 0 aliphatic rings. The van der Waals surface area contributed by atoms with Crippen LogP contribution in [0.4, 0.5) is 11.4 Å². The molecule has 0 bridgehead atoms. The smallest absolute Gasteiger partial charge is 0.261 e. The number of nitro groups is 2. The molecule has 30 heavy (non-hydrogen) atoms. The molecule has 0 heterocycles. The van der Waals surface area contributed by atoms with Crippen molar-refractivity contribution in [3.8, 4) is 0 Å². The van der Waals surface area contributed by atoms with Crippen molar-refractivity contribution in [2.75, 3.05) is 0 Å². The van der Waals surface area contributed by atoms with E-state index in [4.69, 9.17) is 8.37 Å². The lowest BCUT2D eigenvalue weighted by Crippen LogP contribution is -2.30. The van der Waals surface area contributed by atoms with Crippen LogP contribution in [0.25, 0.3) is 0 Å². The van der Waals surface area contributed by atoms with Crippen molar-refractivity contribution in [2.24, 2.45) is 0 Å². The van der Waals surface area contributed by atoms with E-state index < -0.39 is 42.3 Å². The highest BCUT2D eigenvalue weighted by Crippen LogP contribution is 2.23. The van der Waals surface area contributed by atoms with Crippen LogP contribution >= 0.6 is 0 Å². The summed E-state index contributed by atoms with van der Waals surface area (Å²) in [4.78, 5) is 19.2. The maximum atomic E-state index is 12.3. The first-order chi connectivity index (χ1) is 13.8. The van der Waals surface area contributed by atoms with Gasteiger partial charge in [-0.1, -0.05) is 0 Å². The predicted octanol–water partition coefficient (Wildman–Crippen LogP) is 2.39. The van der Waals surface area contributed by atoms with Crippen molar-refractivity contribution in [3.63, 3.8) is 0 Å². The SMILES string of the molecule is CC(OS(=O)(=O)c1ccc([N+](=O)[O-])cc1)C(C)OS(=O)(=O)c1ccc([N+](=O)[O-])cc1. The van der Waals surface area contributed by atoms with E-state index in [0.29, 0.717) is 0 Å². The van der Waals surface area contributed by atoms with Gasteiger partial charge >= 0.3 is 0 Å². The topological polar surface area (TPSA) is 173 Å². The summed E-state index contributed by atoms with van der Waals surface area (Å²) in [5, 5.41) is 21.3. The van der Waals surface area contributed by atoms with E-state index in [1.807, 2.05) is 0 Å². The Morgan fingerprint density at radius 2 is 0.933 bits per heavy atom. The molecule has 2 rings (SSSR count). The average Bonchev–Trinajstić information content (AvgIpc) is 2.67. The number of rotatable bonds is 9. The van der Waals surface area contributed by atoms with E-state index in [-0.39, 0.29) is 21.2 Å². The minimum absolute atomic E-state index is 0.312. The van der Waals surface area contributed by atoms with Crippen molar-refractivity contribution < 1.29 is 35.0 Å². The molecule has 2 atom stereocenters. The van der Waals surface area contributed by atoms with Gasteiger partial charge in [0.15, 0.2) is 0 Å². The fourth-order valence-corrected chi connectivity index (χ4v) is 4.41. The zero-order valence-electron chi connectivity index (χ0n) is 15.6. The van der Waals surface area contributed by atoms with Gasteiger partial charge in [-0.15, -0.1) is 0 Å². The van der Waals surface area contributed by atoms with Gasteiger partial charge in [0.1, 0.15) is 12.2 Å². The largest absolute Gasteiger partial charge is 0.297 e. The van der Waals surface area contributed by atoms with Crippen LogP contribution in [-0.2, 0) is 28.6 Å². The second kappa shape index (κ2) is 8.83. The van der Waals surface area contributed by atoms with E-state index in [1.165, 1.54) is 13.8 Å². The molecule has 0 saturated heterocycles. The summed E-state index contributed by atoms with van der Waals surface area (Å²) in [6.07, 6.45) is -2.50. The van der Waals surface area contributed by atoms with Crippen molar-refractivity contribution in [1.29, 1.82) is 0 Å². The van der Waals surface area contributed by atoms with E-state index in [1.54, 1.807) is 0 Å². The first-order valence-corrected chi connectivity index (χ1v) is 11.0. The second-order valence-corrected chi connectivity index (χ2v) is 9.16. The zero-order chi connectivity index (χ0) is 22.7. The van der Waals surface area contributed by atoms with Gasteiger partial charge in [0, 0.05) is 24.3 Å². The van der Waals surface area contributed by atoms with Gasteiger partial charge in [0.2, 0.25) is 0 Å². The lowest BCUT2D eigenvalue weighted by Gasteiger charge is -2.20. The molecule has 162 valence electrons. The summed E-state index contributed by atoms with van der Waals surface area (Å²) in [5.74, 6) is 0. The third kappa shape index (κ3) is 5.56. The Morgan fingerprint density at radius 3 is 1.17 bits per heavy atom. The fraction of sp³-hybridized carbons (Fsp3) is 0.250. The maximum absolute atomic E-state index is 12.3. The van der Waals surface area contributed by atoms with Gasteiger partial charge in [-0.2, -0.15) is 16.8 Å². The monoisotopic (exact) mass is 460 g/mol. The van der Waals surface area contributed by atoms with E-state index in [9.17, 15) is 37.1 Å². The molecule has 0 aliphatic heterocycles. The Bertz CT molecular complexity index is 1050. The summed E-state index contributed by atoms with van der Waals surface area (Å²) in [7, 11) is -8.71. The molecule has 0 fully saturated rings. The Labute approximate surface area is 171 Å². The van der Waals surface area contributed by atoms with Crippen molar-refractivity contribution in [1.82, 2.24) is 0 Å². The normalized spacial score (nSPS) is 14.1. The maximum Gasteiger partial charge on any atom is 0.297 e. The third-order valence-electron chi connectivity index (χ3n) is 3.89. The first-order valence-electron chi connectivity index (χ1n) is 8.19. The van der Waals surface area contributed by atoms with Crippen LogP contribution in [0.1, 0.15) is 13.8 Å². The summed E-state index contributed by atoms with van der Waals surface area (Å²) in [6, 6.07) is 7.89. The van der Waals surface area contributed by atoms with Crippen LogP contribution < -0.4 is 0 Å². The Kier molecular flexibility index (Phi) is 6.87.